The molecular weight excluding hydrogens is 202 g/mol. The third-order valence-corrected chi connectivity index (χ3v) is 2.29. The van der Waals surface area contributed by atoms with Gasteiger partial charge in [0.2, 0.25) is 0 Å². The summed E-state index contributed by atoms with van der Waals surface area (Å²) in [5.74, 6) is -0.198. The standard InChI is InChI=1S/C7H16O3S.C2H7N/c1-2-3-4-5-6-7-11(8,9)10;1-3-2/h2-7H2,1H3,(H,8,9,10);3H,1-2H3. The largest absolute Gasteiger partial charge is 0.748 e. The maximum absolute atomic E-state index is 10.1. The molecule has 0 heterocycles. The highest BCUT2D eigenvalue weighted by atomic mass is 32.2. The molecule has 0 rings (SSSR count). The molecule has 0 amide bonds. The van der Waals surface area contributed by atoms with Crippen molar-refractivity contribution in [1.29, 1.82) is 0 Å². The van der Waals surface area contributed by atoms with E-state index in [1.54, 1.807) is 0 Å². The van der Waals surface area contributed by atoms with Gasteiger partial charge in [0.25, 0.3) is 0 Å². The van der Waals surface area contributed by atoms with Gasteiger partial charge in [0.05, 0.1) is 24.2 Å². The molecule has 0 atom stereocenters. The molecule has 0 aliphatic rings. The van der Waals surface area contributed by atoms with Crippen LogP contribution in [0.1, 0.15) is 39.0 Å². The Bertz CT molecular complexity index is 190. The summed E-state index contributed by atoms with van der Waals surface area (Å²) in [7, 11) is 0.0387. The lowest BCUT2D eigenvalue weighted by Gasteiger charge is -2.05. The van der Waals surface area contributed by atoms with Crippen LogP contribution in [-0.4, -0.2) is 32.8 Å². The zero-order valence-corrected chi connectivity index (χ0v) is 10.3. The first kappa shape index (κ1) is 16.3. The van der Waals surface area contributed by atoms with E-state index >= 15 is 0 Å². The van der Waals surface area contributed by atoms with Crippen LogP contribution < -0.4 is 5.32 Å². The van der Waals surface area contributed by atoms with E-state index in [1.165, 1.54) is 0 Å². The van der Waals surface area contributed by atoms with Gasteiger partial charge < -0.3 is 9.87 Å². The van der Waals surface area contributed by atoms with Crippen molar-refractivity contribution in [2.75, 3.05) is 19.8 Å². The molecule has 0 saturated heterocycles. The Labute approximate surface area is 87.8 Å². The van der Waals surface area contributed by atoms with Gasteiger partial charge in [0.15, 0.2) is 0 Å². The van der Waals surface area contributed by atoms with Crippen LogP contribution in [-0.2, 0) is 10.1 Å². The molecular formula is C9H23NO3S. The minimum absolute atomic E-state index is 0.198. The van der Waals surface area contributed by atoms with E-state index < -0.39 is 10.1 Å². The topological polar surface area (TPSA) is 73.8 Å². The van der Waals surface area contributed by atoms with Crippen molar-refractivity contribution in [2.45, 2.75) is 39.0 Å². The summed E-state index contributed by atoms with van der Waals surface area (Å²) in [5, 5.41) is 2.00. The Morgan fingerprint density at radius 2 is 1.50 bits per heavy atom. The van der Waals surface area contributed by atoms with Gasteiger partial charge in [-0.15, -0.1) is 0 Å². The van der Waals surface area contributed by atoms with Gasteiger partial charge in [0, 0.05) is 5.75 Å². The van der Waals surface area contributed by atoms with E-state index in [9.17, 15) is 13.0 Å². The fourth-order valence-electron chi connectivity index (χ4n) is 0.882. The molecule has 5 heteroatoms. The average Bonchev–Trinajstić information content (AvgIpc) is 2.03. The molecule has 0 aromatic carbocycles. The molecule has 14 heavy (non-hydrogen) atoms. The molecule has 0 unspecified atom stereocenters. The van der Waals surface area contributed by atoms with Crippen LogP contribution >= 0.6 is 0 Å². The molecule has 0 spiro atoms. The normalized spacial score (nSPS) is 10.6. The van der Waals surface area contributed by atoms with E-state index in [0.717, 1.165) is 25.7 Å². The molecule has 0 aliphatic heterocycles. The number of hydrogen-bond acceptors (Lipinski definition) is 3. The summed E-state index contributed by atoms with van der Waals surface area (Å²) in [6.07, 6.45) is 4.66. The number of nitrogens with two attached hydrogens (primary N) is 1. The second-order valence-electron chi connectivity index (χ2n) is 3.25. The van der Waals surface area contributed by atoms with Gasteiger partial charge in [-0.1, -0.05) is 32.6 Å². The first-order chi connectivity index (χ1) is 6.47. The lowest BCUT2D eigenvalue weighted by molar-refractivity contribution is -0.597. The van der Waals surface area contributed by atoms with Crippen LogP contribution in [0.5, 0.6) is 0 Å². The fraction of sp³-hybridized carbons (Fsp3) is 1.00. The maximum atomic E-state index is 10.1. The minimum Gasteiger partial charge on any atom is -0.748 e. The van der Waals surface area contributed by atoms with Gasteiger partial charge in [-0.05, 0) is 6.42 Å². The summed E-state index contributed by atoms with van der Waals surface area (Å²) in [4.78, 5) is 0. The average molecular weight is 225 g/mol. The Balaban J connectivity index is 0. The van der Waals surface area contributed by atoms with E-state index in [2.05, 4.69) is 6.92 Å². The molecule has 0 aromatic rings. The van der Waals surface area contributed by atoms with Crippen molar-refractivity contribution in [3.8, 4) is 0 Å². The Morgan fingerprint density at radius 1 is 1.07 bits per heavy atom. The third-order valence-electron chi connectivity index (χ3n) is 1.50. The van der Waals surface area contributed by atoms with Crippen LogP contribution in [0, 0.1) is 0 Å². The Morgan fingerprint density at radius 3 is 1.86 bits per heavy atom. The van der Waals surface area contributed by atoms with Gasteiger partial charge in [-0.25, -0.2) is 8.42 Å². The molecule has 88 valence electrons. The Hall–Kier alpha value is -0.130. The summed E-state index contributed by atoms with van der Waals surface area (Å²) in [6.45, 7) is 2.09. The summed E-state index contributed by atoms with van der Waals surface area (Å²) in [5.41, 5.74) is 0. The lowest BCUT2D eigenvalue weighted by atomic mass is 10.2. The molecule has 4 nitrogen and oxygen atoms in total. The van der Waals surface area contributed by atoms with E-state index in [4.69, 9.17) is 0 Å². The maximum Gasteiger partial charge on any atom is 0.0945 e. The summed E-state index contributed by atoms with van der Waals surface area (Å²) >= 11 is 0. The van der Waals surface area contributed by atoms with Crippen molar-refractivity contribution in [1.82, 2.24) is 0 Å². The second-order valence-corrected chi connectivity index (χ2v) is 4.78. The first-order valence-electron chi connectivity index (χ1n) is 5.15. The zero-order valence-electron chi connectivity index (χ0n) is 9.45. The zero-order chi connectivity index (χ0) is 11.4. The van der Waals surface area contributed by atoms with Crippen LogP contribution in [0.4, 0.5) is 0 Å². The van der Waals surface area contributed by atoms with Crippen molar-refractivity contribution in [3.05, 3.63) is 0 Å². The third kappa shape index (κ3) is 22.6. The lowest BCUT2D eigenvalue weighted by Crippen LogP contribution is -2.74. The minimum atomic E-state index is -3.96. The van der Waals surface area contributed by atoms with Crippen molar-refractivity contribution in [2.24, 2.45) is 0 Å². The number of unbranched alkanes of at least 4 members (excludes halogenated alkanes) is 4. The highest BCUT2D eigenvalue weighted by Gasteiger charge is 1.94. The van der Waals surface area contributed by atoms with Crippen LogP contribution in [0.25, 0.3) is 0 Å². The predicted molar refractivity (Wildman–Crippen MR) is 57.1 cm³/mol. The van der Waals surface area contributed by atoms with Crippen LogP contribution in [0.3, 0.4) is 0 Å². The Kier molecular flexibility index (Phi) is 12.8. The molecule has 0 aliphatic carbocycles. The quantitative estimate of drug-likeness (QED) is 0.522. The van der Waals surface area contributed by atoms with Gasteiger partial charge in [-0.2, -0.15) is 0 Å². The van der Waals surface area contributed by atoms with Crippen molar-refractivity contribution >= 4 is 10.1 Å². The molecule has 0 saturated carbocycles. The summed E-state index contributed by atoms with van der Waals surface area (Å²) in [6, 6.07) is 0. The fourth-order valence-corrected chi connectivity index (χ4v) is 1.44. The highest BCUT2D eigenvalue weighted by molar-refractivity contribution is 7.85. The summed E-state index contributed by atoms with van der Waals surface area (Å²) < 4.78 is 30.3. The van der Waals surface area contributed by atoms with Gasteiger partial charge in [0.1, 0.15) is 0 Å². The molecule has 2 N–H and O–H groups in total. The molecule has 0 radical (unpaired) electrons. The van der Waals surface area contributed by atoms with Crippen LogP contribution in [0.15, 0.2) is 0 Å². The monoisotopic (exact) mass is 225 g/mol. The van der Waals surface area contributed by atoms with Gasteiger partial charge >= 0.3 is 0 Å². The smallest absolute Gasteiger partial charge is 0.0945 e. The van der Waals surface area contributed by atoms with E-state index in [0.29, 0.717) is 6.42 Å². The van der Waals surface area contributed by atoms with Crippen LogP contribution in [0.2, 0.25) is 0 Å². The molecule has 0 aromatic heterocycles. The highest BCUT2D eigenvalue weighted by Crippen LogP contribution is 2.03. The van der Waals surface area contributed by atoms with Crippen molar-refractivity contribution in [3.63, 3.8) is 0 Å². The predicted octanol–water partition coefficient (Wildman–Crippen LogP) is 0.311. The number of quaternary nitrogens is 1. The molecule has 0 fully saturated rings. The molecule has 0 bridgehead atoms. The number of hydrogen-bond donors (Lipinski definition) is 1. The van der Waals surface area contributed by atoms with E-state index in [1.807, 2.05) is 19.4 Å². The SMILES string of the molecule is CCCCCCCS(=O)(=O)[O-].C[NH2+]C. The second kappa shape index (κ2) is 10.9. The van der Waals surface area contributed by atoms with Crippen molar-refractivity contribution < 1.29 is 18.3 Å². The van der Waals surface area contributed by atoms with E-state index in [-0.39, 0.29) is 5.75 Å². The van der Waals surface area contributed by atoms with Gasteiger partial charge in [-0.3, -0.25) is 0 Å². The first-order valence-corrected chi connectivity index (χ1v) is 6.73. The number of rotatable bonds is 6.